The lowest BCUT2D eigenvalue weighted by molar-refractivity contribution is 1.08. The lowest BCUT2D eigenvalue weighted by Crippen LogP contribution is -2.00. The fourth-order valence-electron chi connectivity index (χ4n) is 1.16. The van der Waals surface area contributed by atoms with Gasteiger partial charge in [-0.3, -0.25) is 5.10 Å². The van der Waals surface area contributed by atoms with Gasteiger partial charge in [0.2, 0.25) is 5.28 Å². The molecule has 7 heteroatoms. The normalized spacial score (nSPS) is 10.8. The number of anilines is 1. The summed E-state index contributed by atoms with van der Waals surface area (Å²) in [6, 6.07) is 0. The first-order valence-electron chi connectivity index (χ1n) is 4.03. The number of aromatic amines is 1. The first kappa shape index (κ1) is 9.48. The van der Waals surface area contributed by atoms with Crippen molar-refractivity contribution in [2.75, 3.05) is 11.9 Å². The minimum absolute atomic E-state index is 0.150. The standard InChI is InChI=1S/C7H7Cl2N5/c1-2-10-5-3-4(8)13-14-6(3)12-7(9)11-5/h2H2,1H3,(H2,10,11,12,13,14). The van der Waals surface area contributed by atoms with Crippen molar-refractivity contribution in [2.24, 2.45) is 0 Å². The molecule has 74 valence electrons. The van der Waals surface area contributed by atoms with E-state index in [1.807, 2.05) is 6.92 Å². The number of fused-ring (bicyclic) bond motifs is 1. The molecule has 0 bridgehead atoms. The minimum atomic E-state index is 0.150. The van der Waals surface area contributed by atoms with Crippen LogP contribution in [0.3, 0.4) is 0 Å². The molecular formula is C7H7Cl2N5. The van der Waals surface area contributed by atoms with E-state index in [0.29, 0.717) is 22.0 Å². The van der Waals surface area contributed by atoms with Crippen LogP contribution in [0.5, 0.6) is 0 Å². The van der Waals surface area contributed by atoms with Gasteiger partial charge in [0.05, 0.1) is 0 Å². The number of aromatic nitrogens is 4. The number of nitrogens with one attached hydrogen (secondary N) is 2. The van der Waals surface area contributed by atoms with Crippen LogP contribution in [0.25, 0.3) is 11.0 Å². The average molecular weight is 232 g/mol. The van der Waals surface area contributed by atoms with E-state index in [1.54, 1.807) is 0 Å². The molecule has 2 aromatic rings. The van der Waals surface area contributed by atoms with Gasteiger partial charge in [0.15, 0.2) is 5.65 Å². The van der Waals surface area contributed by atoms with Crippen molar-refractivity contribution >= 4 is 40.1 Å². The Kier molecular flexibility index (Phi) is 2.43. The van der Waals surface area contributed by atoms with Crippen molar-refractivity contribution in [1.29, 1.82) is 0 Å². The molecule has 2 rings (SSSR count). The number of H-pyrrole nitrogens is 1. The Bertz CT molecular complexity index is 466. The van der Waals surface area contributed by atoms with Gasteiger partial charge in [0.1, 0.15) is 16.4 Å². The zero-order valence-corrected chi connectivity index (χ0v) is 8.82. The maximum absolute atomic E-state index is 5.88. The van der Waals surface area contributed by atoms with Gasteiger partial charge in [-0.25, -0.2) is 0 Å². The monoisotopic (exact) mass is 231 g/mol. The van der Waals surface area contributed by atoms with Crippen LogP contribution in [0, 0.1) is 0 Å². The largest absolute Gasteiger partial charge is 0.370 e. The van der Waals surface area contributed by atoms with Gasteiger partial charge in [0.25, 0.3) is 0 Å². The lowest BCUT2D eigenvalue weighted by Gasteiger charge is -2.02. The molecule has 0 saturated carbocycles. The Morgan fingerprint density at radius 1 is 1.36 bits per heavy atom. The van der Waals surface area contributed by atoms with Crippen molar-refractivity contribution in [1.82, 2.24) is 20.2 Å². The summed E-state index contributed by atoms with van der Waals surface area (Å²) in [5.41, 5.74) is 0.464. The summed E-state index contributed by atoms with van der Waals surface area (Å²) in [7, 11) is 0. The fraction of sp³-hybridized carbons (Fsp3) is 0.286. The van der Waals surface area contributed by atoms with Gasteiger partial charge < -0.3 is 5.32 Å². The first-order chi connectivity index (χ1) is 6.72. The Hall–Kier alpha value is -1.07. The van der Waals surface area contributed by atoms with Gasteiger partial charge >= 0.3 is 0 Å². The topological polar surface area (TPSA) is 66.5 Å². The molecule has 0 radical (unpaired) electrons. The second kappa shape index (κ2) is 3.59. The highest BCUT2D eigenvalue weighted by Crippen LogP contribution is 2.26. The number of nitrogens with zero attached hydrogens (tertiary/aromatic N) is 3. The molecule has 0 spiro atoms. The van der Waals surface area contributed by atoms with Crippen LogP contribution < -0.4 is 5.32 Å². The predicted molar refractivity (Wildman–Crippen MR) is 55.9 cm³/mol. The van der Waals surface area contributed by atoms with E-state index in [9.17, 15) is 0 Å². The molecule has 2 aromatic heterocycles. The van der Waals surface area contributed by atoms with Gasteiger partial charge in [0, 0.05) is 6.54 Å². The van der Waals surface area contributed by atoms with E-state index < -0.39 is 0 Å². The van der Waals surface area contributed by atoms with Crippen molar-refractivity contribution in [2.45, 2.75) is 6.92 Å². The van der Waals surface area contributed by atoms with E-state index in [0.717, 1.165) is 6.54 Å². The predicted octanol–water partition coefficient (Wildman–Crippen LogP) is 2.09. The third-order valence-corrected chi connectivity index (χ3v) is 2.13. The van der Waals surface area contributed by atoms with Crippen molar-refractivity contribution < 1.29 is 0 Å². The van der Waals surface area contributed by atoms with Gasteiger partial charge in [-0.2, -0.15) is 15.1 Å². The zero-order valence-electron chi connectivity index (χ0n) is 7.30. The molecule has 0 aliphatic carbocycles. The minimum Gasteiger partial charge on any atom is -0.370 e. The Labute approximate surface area is 89.8 Å². The van der Waals surface area contributed by atoms with Crippen molar-refractivity contribution in [3.8, 4) is 0 Å². The number of rotatable bonds is 2. The van der Waals surface area contributed by atoms with Crippen LogP contribution in [0.15, 0.2) is 0 Å². The molecule has 0 aromatic carbocycles. The van der Waals surface area contributed by atoms with Gasteiger partial charge in [-0.1, -0.05) is 11.6 Å². The Morgan fingerprint density at radius 2 is 2.14 bits per heavy atom. The third-order valence-electron chi connectivity index (χ3n) is 1.69. The summed E-state index contributed by atoms with van der Waals surface area (Å²) in [6.45, 7) is 2.68. The smallest absolute Gasteiger partial charge is 0.226 e. The Balaban J connectivity index is 2.70. The van der Waals surface area contributed by atoms with E-state index in [4.69, 9.17) is 23.2 Å². The lowest BCUT2D eigenvalue weighted by atomic mass is 10.4. The van der Waals surface area contributed by atoms with Crippen molar-refractivity contribution in [3.63, 3.8) is 0 Å². The molecule has 2 heterocycles. The quantitative estimate of drug-likeness (QED) is 0.778. The molecule has 0 amide bonds. The summed E-state index contributed by atoms with van der Waals surface area (Å²) in [5.74, 6) is 0.598. The van der Waals surface area contributed by atoms with Crippen LogP contribution in [0.2, 0.25) is 10.4 Å². The summed E-state index contributed by atoms with van der Waals surface area (Å²) in [5, 5.41) is 10.8. The maximum Gasteiger partial charge on any atom is 0.226 e. The van der Waals surface area contributed by atoms with Crippen LogP contribution in [0.1, 0.15) is 6.92 Å². The summed E-state index contributed by atoms with van der Waals surface area (Å²) < 4.78 is 0. The number of halogens is 2. The second-order valence-electron chi connectivity index (χ2n) is 2.61. The molecule has 5 nitrogen and oxygen atoms in total. The molecule has 0 saturated heterocycles. The highest BCUT2D eigenvalue weighted by molar-refractivity contribution is 6.35. The van der Waals surface area contributed by atoms with Crippen LogP contribution in [-0.4, -0.2) is 26.7 Å². The molecule has 0 fully saturated rings. The van der Waals surface area contributed by atoms with Crippen LogP contribution in [-0.2, 0) is 0 Å². The summed E-state index contributed by atoms with van der Waals surface area (Å²) in [4.78, 5) is 7.95. The fourth-order valence-corrected chi connectivity index (χ4v) is 1.54. The SMILES string of the molecule is CCNc1nc(Cl)nc2n[nH]c(Cl)c12. The number of hydrogen-bond acceptors (Lipinski definition) is 4. The highest BCUT2D eigenvalue weighted by Gasteiger charge is 2.12. The summed E-state index contributed by atoms with van der Waals surface area (Å²) in [6.07, 6.45) is 0. The molecule has 14 heavy (non-hydrogen) atoms. The third kappa shape index (κ3) is 1.49. The zero-order chi connectivity index (χ0) is 10.1. The average Bonchev–Trinajstić information content (AvgIpc) is 2.48. The van der Waals surface area contributed by atoms with E-state index in [2.05, 4.69) is 25.5 Å². The molecule has 2 N–H and O–H groups in total. The number of hydrogen-bond donors (Lipinski definition) is 2. The highest BCUT2D eigenvalue weighted by atomic mass is 35.5. The molecule has 0 aliphatic rings. The molecule has 0 aliphatic heterocycles. The summed E-state index contributed by atoms with van der Waals surface area (Å²) >= 11 is 11.6. The second-order valence-corrected chi connectivity index (χ2v) is 3.32. The van der Waals surface area contributed by atoms with Crippen LogP contribution >= 0.6 is 23.2 Å². The maximum atomic E-state index is 5.88. The van der Waals surface area contributed by atoms with E-state index >= 15 is 0 Å². The molecule has 0 atom stereocenters. The molecular weight excluding hydrogens is 225 g/mol. The van der Waals surface area contributed by atoms with E-state index in [1.165, 1.54) is 0 Å². The van der Waals surface area contributed by atoms with Crippen molar-refractivity contribution in [3.05, 3.63) is 10.4 Å². The van der Waals surface area contributed by atoms with Gasteiger partial charge in [-0.05, 0) is 18.5 Å². The van der Waals surface area contributed by atoms with Gasteiger partial charge in [-0.15, -0.1) is 0 Å². The first-order valence-corrected chi connectivity index (χ1v) is 4.79. The Morgan fingerprint density at radius 3 is 2.86 bits per heavy atom. The van der Waals surface area contributed by atoms with Crippen LogP contribution in [0.4, 0.5) is 5.82 Å². The van der Waals surface area contributed by atoms with E-state index in [-0.39, 0.29) is 5.28 Å². The molecule has 0 unspecified atom stereocenters.